The minimum atomic E-state index is -0.0548. The van der Waals surface area contributed by atoms with Gasteiger partial charge in [-0.3, -0.25) is 14.4 Å². The van der Waals surface area contributed by atoms with E-state index in [9.17, 15) is 4.79 Å². The fraction of sp³-hybridized carbons (Fsp3) is 0.789. The molecule has 7 heteroatoms. The molecule has 0 radical (unpaired) electrons. The Morgan fingerprint density at radius 1 is 1.23 bits per heavy atom. The molecule has 1 spiro atoms. The third-order valence-electron chi connectivity index (χ3n) is 6.17. The molecule has 1 aromatic heterocycles. The third kappa shape index (κ3) is 3.66. The summed E-state index contributed by atoms with van der Waals surface area (Å²) in [4.78, 5) is 17.2. The topological polar surface area (TPSA) is 59.8 Å². The second-order valence-corrected chi connectivity index (χ2v) is 7.68. The number of aromatic nitrogens is 2. The maximum absolute atomic E-state index is 12.7. The second-order valence-electron chi connectivity index (χ2n) is 7.68. The van der Waals surface area contributed by atoms with E-state index in [0.717, 1.165) is 78.2 Å². The first kappa shape index (κ1) is 17.9. The Balaban J connectivity index is 1.35. The minimum absolute atomic E-state index is 0.0487. The maximum Gasteiger partial charge on any atom is 0.274 e. The van der Waals surface area contributed by atoms with Crippen molar-refractivity contribution in [1.29, 1.82) is 0 Å². The van der Waals surface area contributed by atoms with Crippen molar-refractivity contribution >= 4 is 5.91 Å². The molecule has 3 fully saturated rings. The molecule has 0 bridgehead atoms. The van der Waals surface area contributed by atoms with Crippen LogP contribution >= 0.6 is 0 Å². The van der Waals surface area contributed by atoms with Gasteiger partial charge in [0.15, 0.2) is 0 Å². The van der Waals surface area contributed by atoms with Crippen LogP contribution in [-0.4, -0.2) is 83.1 Å². The molecule has 1 aromatic rings. The number of rotatable bonds is 3. The summed E-state index contributed by atoms with van der Waals surface area (Å²) in [7, 11) is 0. The van der Waals surface area contributed by atoms with E-state index in [-0.39, 0.29) is 11.5 Å². The van der Waals surface area contributed by atoms with Crippen molar-refractivity contribution in [1.82, 2.24) is 19.6 Å². The van der Waals surface area contributed by atoms with Crippen molar-refractivity contribution < 1.29 is 14.3 Å². The minimum Gasteiger partial charge on any atom is -0.379 e. The second kappa shape index (κ2) is 7.66. The van der Waals surface area contributed by atoms with Gasteiger partial charge in [0.05, 0.1) is 18.8 Å². The average Bonchev–Trinajstić information content (AvgIpc) is 3.18. The number of piperidine rings is 1. The third-order valence-corrected chi connectivity index (χ3v) is 6.17. The molecule has 0 saturated carbocycles. The largest absolute Gasteiger partial charge is 0.379 e. The highest BCUT2D eigenvalue weighted by atomic mass is 16.5. The van der Waals surface area contributed by atoms with Gasteiger partial charge in [0.2, 0.25) is 0 Å². The van der Waals surface area contributed by atoms with Gasteiger partial charge in [-0.15, -0.1) is 0 Å². The molecule has 3 saturated heterocycles. The molecular formula is C19H30N4O3. The smallest absolute Gasteiger partial charge is 0.274 e. The number of morpholine rings is 1. The summed E-state index contributed by atoms with van der Waals surface area (Å²) in [5.74, 6) is 0.0487. The van der Waals surface area contributed by atoms with E-state index < -0.39 is 0 Å². The molecule has 1 unspecified atom stereocenters. The zero-order valence-corrected chi connectivity index (χ0v) is 15.7. The molecule has 3 aliphatic heterocycles. The van der Waals surface area contributed by atoms with Crippen molar-refractivity contribution in [3.8, 4) is 0 Å². The van der Waals surface area contributed by atoms with Crippen molar-refractivity contribution in [3.05, 3.63) is 18.0 Å². The summed E-state index contributed by atoms with van der Waals surface area (Å²) in [6.45, 7) is 8.91. The van der Waals surface area contributed by atoms with E-state index in [2.05, 4.69) is 10.00 Å². The lowest BCUT2D eigenvalue weighted by Crippen LogP contribution is -2.55. The highest BCUT2D eigenvalue weighted by Gasteiger charge is 2.42. The fourth-order valence-electron chi connectivity index (χ4n) is 4.54. The Kier molecular flexibility index (Phi) is 5.29. The number of nitrogens with zero attached hydrogens (tertiary/aromatic N) is 4. The normalized spacial score (nSPS) is 27.0. The molecule has 26 heavy (non-hydrogen) atoms. The molecule has 4 rings (SSSR count). The molecule has 0 aliphatic carbocycles. The van der Waals surface area contributed by atoms with Crippen LogP contribution in [-0.2, 0) is 16.0 Å². The summed E-state index contributed by atoms with van der Waals surface area (Å²) in [6, 6.07) is 2.41. The van der Waals surface area contributed by atoms with Crippen LogP contribution in [0.2, 0.25) is 0 Å². The molecular weight excluding hydrogens is 332 g/mol. The van der Waals surface area contributed by atoms with Crippen molar-refractivity contribution in [2.75, 3.05) is 46.0 Å². The van der Waals surface area contributed by atoms with Crippen LogP contribution < -0.4 is 0 Å². The first-order chi connectivity index (χ1) is 12.7. The molecule has 3 aliphatic rings. The maximum atomic E-state index is 12.7. The quantitative estimate of drug-likeness (QED) is 0.813. The first-order valence-corrected chi connectivity index (χ1v) is 9.98. The summed E-state index contributed by atoms with van der Waals surface area (Å²) < 4.78 is 13.6. The van der Waals surface area contributed by atoms with Crippen molar-refractivity contribution in [2.45, 2.75) is 50.8 Å². The van der Waals surface area contributed by atoms with Crippen molar-refractivity contribution in [3.63, 3.8) is 0 Å². The monoisotopic (exact) mass is 362 g/mol. The van der Waals surface area contributed by atoms with Crippen LogP contribution in [0.1, 0.15) is 43.1 Å². The van der Waals surface area contributed by atoms with Gasteiger partial charge >= 0.3 is 0 Å². The highest BCUT2D eigenvalue weighted by molar-refractivity contribution is 5.92. The number of hydrogen-bond acceptors (Lipinski definition) is 5. The predicted octanol–water partition coefficient (Wildman–Crippen LogP) is 1.39. The Hall–Kier alpha value is -1.44. The highest BCUT2D eigenvalue weighted by Crippen LogP contribution is 2.37. The Morgan fingerprint density at radius 2 is 2.00 bits per heavy atom. The molecule has 0 aromatic carbocycles. The van der Waals surface area contributed by atoms with E-state index in [1.807, 2.05) is 24.1 Å². The van der Waals surface area contributed by atoms with E-state index in [4.69, 9.17) is 9.47 Å². The van der Waals surface area contributed by atoms with E-state index in [0.29, 0.717) is 11.7 Å². The average molecular weight is 362 g/mol. The number of carbonyl (C=O) groups excluding carboxylic acids is 1. The van der Waals surface area contributed by atoms with Crippen LogP contribution in [0.25, 0.3) is 0 Å². The number of likely N-dealkylation sites (tertiary alicyclic amines) is 1. The molecule has 1 atom stereocenters. The van der Waals surface area contributed by atoms with E-state index >= 15 is 0 Å². The Morgan fingerprint density at radius 3 is 2.69 bits per heavy atom. The molecule has 144 valence electrons. The zero-order chi connectivity index (χ0) is 18.0. The summed E-state index contributed by atoms with van der Waals surface area (Å²) in [5, 5.41) is 4.36. The van der Waals surface area contributed by atoms with Crippen LogP contribution in [0.3, 0.4) is 0 Å². The fourth-order valence-corrected chi connectivity index (χ4v) is 4.54. The number of carbonyl (C=O) groups is 1. The zero-order valence-electron chi connectivity index (χ0n) is 15.7. The van der Waals surface area contributed by atoms with Crippen LogP contribution in [0.4, 0.5) is 0 Å². The molecule has 1 amide bonds. The van der Waals surface area contributed by atoms with Gasteiger partial charge in [0.1, 0.15) is 5.69 Å². The number of ether oxygens (including phenoxy) is 2. The van der Waals surface area contributed by atoms with Crippen LogP contribution in [0.15, 0.2) is 12.3 Å². The van der Waals surface area contributed by atoms with Gasteiger partial charge in [-0.25, -0.2) is 0 Å². The molecule has 4 heterocycles. The lowest BCUT2D eigenvalue weighted by Gasteiger charge is -2.48. The lowest BCUT2D eigenvalue weighted by molar-refractivity contribution is -0.136. The van der Waals surface area contributed by atoms with Gasteiger partial charge in [-0.1, -0.05) is 0 Å². The Labute approximate surface area is 155 Å². The van der Waals surface area contributed by atoms with Gasteiger partial charge in [-0.2, -0.15) is 5.10 Å². The van der Waals surface area contributed by atoms with E-state index in [1.165, 1.54) is 0 Å². The van der Waals surface area contributed by atoms with Crippen LogP contribution in [0, 0.1) is 0 Å². The van der Waals surface area contributed by atoms with Gasteiger partial charge in [0, 0.05) is 51.6 Å². The van der Waals surface area contributed by atoms with Gasteiger partial charge < -0.3 is 14.4 Å². The standard InChI is InChI=1S/C19H30N4O3/c1-2-23-7-3-17(20-23)18(24)22-8-5-19(6-9-22)15-16(4-12-26-19)21-10-13-25-14-11-21/h3,7,16H,2,4-6,8-15H2,1H3. The number of aryl methyl sites for hydroxylation is 1. The SMILES string of the molecule is CCn1ccc(C(=O)N2CCC3(CC2)CC(N2CCOCC2)CCO3)n1. The van der Waals surface area contributed by atoms with Gasteiger partial charge in [-0.05, 0) is 38.7 Å². The number of hydrogen-bond donors (Lipinski definition) is 0. The van der Waals surface area contributed by atoms with Gasteiger partial charge in [0.25, 0.3) is 5.91 Å². The molecule has 7 nitrogen and oxygen atoms in total. The Bertz CT molecular complexity index is 618. The molecule has 0 N–H and O–H groups in total. The first-order valence-electron chi connectivity index (χ1n) is 9.98. The van der Waals surface area contributed by atoms with Crippen LogP contribution in [0.5, 0.6) is 0 Å². The summed E-state index contributed by atoms with van der Waals surface area (Å²) >= 11 is 0. The predicted molar refractivity (Wildman–Crippen MR) is 97.1 cm³/mol. The lowest BCUT2D eigenvalue weighted by atomic mass is 9.81. The summed E-state index contributed by atoms with van der Waals surface area (Å²) in [6.07, 6.45) is 5.91. The van der Waals surface area contributed by atoms with E-state index in [1.54, 1.807) is 4.68 Å². The summed E-state index contributed by atoms with van der Waals surface area (Å²) in [5.41, 5.74) is 0.499. The number of amides is 1. The van der Waals surface area contributed by atoms with Crippen molar-refractivity contribution in [2.24, 2.45) is 0 Å².